The number of aryl methyl sites for hydroxylation is 1. The van der Waals surface area contributed by atoms with Crippen LogP contribution in [-0.4, -0.2) is 42.5 Å². The molecule has 3 aromatic carbocycles. The quantitative estimate of drug-likeness (QED) is 0.336. The van der Waals surface area contributed by atoms with Crippen molar-refractivity contribution in [2.75, 3.05) is 25.1 Å². The Labute approximate surface area is 213 Å². The average Bonchev–Trinajstić information content (AvgIpc) is 3.17. The summed E-state index contributed by atoms with van der Waals surface area (Å²) in [4.78, 5) is 27.9. The van der Waals surface area contributed by atoms with E-state index in [1.165, 1.54) is 5.56 Å². The number of nitrogens with one attached hydrogen (secondary N) is 2. The van der Waals surface area contributed by atoms with Crippen LogP contribution in [0.15, 0.2) is 78.9 Å². The molecule has 3 aromatic rings. The van der Waals surface area contributed by atoms with Crippen molar-refractivity contribution < 1.29 is 14.3 Å². The van der Waals surface area contributed by atoms with Crippen molar-refractivity contribution in [3.63, 3.8) is 0 Å². The van der Waals surface area contributed by atoms with E-state index in [2.05, 4.69) is 22.8 Å². The molecular formula is C30H35N3O3. The molecule has 2 atom stereocenters. The maximum atomic E-state index is 13.1. The number of rotatable bonds is 12. The molecule has 0 aliphatic carbocycles. The molecule has 0 aromatic heterocycles. The van der Waals surface area contributed by atoms with Gasteiger partial charge in [0, 0.05) is 48.2 Å². The smallest absolute Gasteiger partial charge is 0.256 e. The number of amides is 2. The van der Waals surface area contributed by atoms with Gasteiger partial charge in [-0.1, -0.05) is 54.6 Å². The van der Waals surface area contributed by atoms with Crippen molar-refractivity contribution in [3.8, 4) is 0 Å². The second-order valence-corrected chi connectivity index (χ2v) is 9.16. The summed E-state index contributed by atoms with van der Waals surface area (Å²) in [7, 11) is 0. The predicted molar refractivity (Wildman–Crippen MR) is 143 cm³/mol. The molecule has 2 amide bonds. The molecule has 0 spiro atoms. The van der Waals surface area contributed by atoms with Gasteiger partial charge in [0.25, 0.3) is 11.8 Å². The summed E-state index contributed by atoms with van der Waals surface area (Å²) in [6.45, 7) is 5.86. The molecule has 1 aliphatic rings. The van der Waals surface area contributed by atoms with Crippen LogP contribution in [0.2, 0.25) is 0 Å². The van der Waals surface area contributed by atoms with Crippen molar-refractivity contribution in [1.82, 2.24) is 10.2 Å². The lowest BCUT2D eigenvalue weighted by Crippen LogP contribution is -2.34. The van der Waals surface area contributed by atoms with Gasteiger partial charge in [0.15, 0.2) is 0 Å². The van der Waals surface area contributed by atoms with Gasteiger partial charge in [0.1, 0.15) is 6.17 Å². The maximum Gasteiger partial charge on any atom is 0.256 e. The molecule has 0 radical (unpaired) electrons. The van der Waals surface area contributed by atoms with E-state index in [4.69, 9.17) is 4.74 Å². The molecule has 2 unspecified atom stereocenters. The number of carbonyl (C=O) groups excluding carboxylic acids is 2. The summed E-state index contributed by atoms with van der Waals surface area (Å²) in [6.07, 6.45) is 2.25. The van der Waals surface area contributed by atoms with E-state index in [1.54, 1.807) is 0 Å². The molecule has 1 heterocycles. The normalized spacial score (nSPS) is 15.4. The molecule has 1 aliphatic heterocycles. The third-order valence-electron chi connectivity index (χ3n) is 6.46. The molecule has 2 N–H and O–H groups in total. The first-order chi connectivity index (χ1) is 17.6. The van der Waals surface area contributed by atoms with Gasteiger partial charge in [-0.2, -0.15) is 0 Å². The van der Waals surface area contributed by atoms with Gasteiger partial charge < -0.3 is 20.3 Å². The lowest BCUT2D eigenvalue weighted by molar-refractivity contribution is 0.0708. The monoisotopic (exact) mass is 485 g/mol. The number of hydrogen-bond donors (Lipinski definition) is 2. The van der Waals surface area contributed by atoms with Crippen molar-refractivity contribution in [3.05, 3.63) is 101 Å². The third-order valence-corrected chi connectivity index (χ3v) is 6.46. The SMILES string of the molecule is CCOCCCN1C(=O)c2ccccc2C1Nc1cccc(C(=O)NC(C)CCc2ccccc2)c1. The zero-order valence-electron chi connectivity index (χ0n) is 21.1. The number of nitrogens with zero attached hydrogens (tertiary/aromatic N) is 1. The largest absolute Gasteiger partial charge is 0.382 e. The molecule has 188 valence electrons. The van der Waals surface area contributed by atoms with Crippen LogP contribution in [0.1, 0.15) is 64.7 Å². The van der Waals surface area contributed by atoms with Gasteiger partial charge in [0.2, 0.25) is 0 Å². The zero-order chi connectivity index (χ0) is 25.3. The van der Waals surface area contributed by atoms with Crippen LogP contribution < -0.4 is 10.6 Å². The minimum absolute atomic E-state index is 0.0146. The highest BCUT2D eigenvalue weighted by atomic mass is 16.5. The highest BCUT2D eigenvalue weighted by Gasteiger charge is 2.36. The highest BCUT2D eigenvalue weighted by Crippen LogP contribution is 2.34. The fourth-order valence-corrected chi connectivity index (χ4v) is 4.55. The maximum absolute atomic E-state index is 13.1. The van der Waals surface area contributed by atoms with Crippen LogP contribution in [0.4, 0.5) is 5.69 Å². The van der Waals surface area contributed by atoms with E-state index in [9.17, 15) is 9.59 Å². The first-order valence-electron chi connectivity index (χ1n) is 12.8. The molecule has 6 nitrogen and oxygen atoms in total. The lowest BCUT2D eigenvalue weighted by atomic mass is 10.1. The second kappa shape index (κ2) is 12.4. The summed E-state index contributed by atoms with van der Waals surface area (Å²) in [5.74, 6) is -0.0867. The Morgan fingerprint density at radius 2 is 1.81 bits per heavy atom. The number of hydrogen-bond acceptors (Lipinski definition) is 4. The molecular weight excluding hydrogens is 450 g/mol. The number of anilines is 1. The van der Waals surface area contributed by atoms with E-state index in [0.717, 1.165) is 30.5 Å². The van der Waals surface area contributed by atoms with Crippen molar-refractivity contribution >= 4 is 17.5 Å². The van der Waals surface area contributed by atoms with Gasteiger partial charge in [-0.05, 0) is 62.9 Å². The van der Waals surface area contributed by atoms with Crippen molar-refractivity contribution in [2.45, 2.75) is 45.3 Å². The summed E-state index contributed by atoms with van der Waals surface area (Å²) in [5.41, 5.74) is 4.31. The molecule has 6 heteroatoms. The Morgan fingerprint density at radius 1 is 1.03 bits per heavy atom. The van der Waals surface area contributed by atoms with Gasteiger partial charge >= 0.3 is 0 Å². The molecule has 36 heavy (non-hydrogen) atoms. The van der Waals surface area contributed by atoms with Gasteiger partial charge in [-0.25, -0.2) is 0 Å². The lowest BCUT2D eigenvalue weighted by Gasteiger charge is -2.27. The molecule has 0 saturated heterocycles. The molecule has 4 rings (SSSR count). The fourth-order valence-electron chi connectivity index (χ4n) is 4.55. The average molecular weight is 486 g/mol. The van der Waals surface area contributed by atoms with Crippen LogP contribution in [0.5, 0.6) is 0 Å². The molecule has 0 bridgehead atoms. The highest BCUT2D eigenvalue weighted by molar-refractivity contribution is 5.99. The van der Waals surface area contributed by atoms with Crippen LogP contribution in [0.3, 0.4) is 0 Å². The van der Waals surface area contributed by atoms with E-state index in [0.29, 0.717) is 30.9 Å². The van der Waals surface area contributed by atoms with Crippen LogP contribution in [0.25, 0.3) is 0 Å². The van der Waals surface area contributed by atoms with Crippen molar-refractivity contribution in [1.29, 1.82) is 0 Å². The Kier molecular flexibility index (Phi) is 8.74. The summed E-state index contributed by atoms with van der Waals surface area (Å²) < 4.78 is 5.47. The van der Waals surface area contributed by atoms with E-state index >= 15 is 0 Å². The number of ether oxygens (including phenoxy) is 1. The van der Waals surface area contributed by atoms with Crippen LogP contribution >= 0.6 is 0 Å². The standard InChI is InChI=1S/C30H35N3O3/c1-3-36-20-10-19-33-28(26-15-7-8-16-27(26)30(33)35)32-25-14-9-13-24(21-25)29(34)31-22(2)17-18-23-11-5-4-6-12-23/h4-9,11-16,21-22,28,32H,3,10,17-20H2,1-2H3,(H,31,34). The minimum Gasteiger partial charge on any atom is -0.382 e. The number of benzene rings is 3. The predicted octanol–water partition coefficient (Wildman–Crippen LogP) is 5.43. The van der Waals surface area contributed by atoms with Gasteiger partial charge in [-0.3, -0.25) is 9.59 Å². The summed E-state index contributed by atoms with van der Waals surface area (Å²) >= 11 is 0. The molecule has 0 fully saturated rings. The van der Waals surface area contributed by atoms with E-state index < -0.39 is 0 Å². The second-order valence-electron chi connectivity index (χ2n) is 9.16. The first kappa shape index (κ1) is 25.5. The van der Waals surface area contributed by atoms with Crippen molar-refractivity contribution in [2.24, 2.45) is 0 Å². The third kappa shape index (κ3) is 6.32. The Hall–Kier alpha value is -3.64. The van der Waals surface area contributed by atoms with Crippen LogP contribution in [-0.2, 0) is 11.2 Å². The molecule has 0 saturated carbocycles. The summed E-state index contributed by atoms with van der Waals surface area (Å²) in [6, 6.07) is 25.5. The number of fused-ring (bicyclic) bond motifs is 1. The minimum atomic E-state index is -0.293. The van der Waals surface area contributed by atoms with E-state index in [1.807, 2.05) is 85.5 Å². The Morgan fingerprint density at radius 3 is 2.61 bits per heavy atom. The Balaban J connectivity index is 1.42. The Bertz CT molecular complexity index is 1160. The fraction of sp³-hybridized carbons (Fsp3) is 0.333. The van der Waals surface area contributed by atoms with Crippen LogP contribution in [0, 0.1) is 0 Å². The first-order valence-corrected chi connectivity index (χ1v) is 12.8. The number of carbonyl (C=O) groups is 2. The topological polar surface area (TPSA) is 70.7 Å². The van der Waals surface area contributed by atoms with Gasteiger partial charge in [-0.15, -0.1) is 0 Å². The van der Waals surface area contributed by atoms with E-state index in [-0.39, 0.29) is 24.0 Å². The zero-order valence-corrected chi connectivity index (χ0v) is 21.1. The summed E-state index contributed by atoms with van der Waals surface area (Å²) in [5, 5.41) is 6.61. The van der Waals surface area contributed by atoms with Gasteiger partial charge in [0.05, 0.1) is 0 Å².